The Labute approximate surface area is 243 Å². The van der Waals surface area contributed by atoms with Gasteiger partial charge >= 0.3 is 6.18 Å². The zero-order valence-corrected chi connectivity index (χ0v) is 24.5. The predicted molar refractivity (Wildman–Crippen MR) is 152 cm³/mol. The second-order valence-corrected chi connectivity index (χ2v) is 12.8. The van der Waals surface area contributed by atoms with Crippen LogP contribution >= 0.6 is 0 Å². The molecule has 0 aliphatic rings. The molecule has 2 amide bonds. The van der Waals surface area contributed by atoms with E-state index in [0.717, 1.165) is 24.5 Å². The lowest BCUT2D eigenvalue weighted by atomic mass is 10.0. The molecule has 0 aliphatic heterocycles. The highest BCUT2D eigenvalue weighted by atomic mass is 32.2. The van der Waals surface area contributed by atoms with Crippen LogP contribution in [0.25, 0.3) is 0 Å². The molecule has 0 unspecified atom stereocenters. The molecule has 12 heteroatoms. The van der Waals surface area contributed by atoms with E-state index < -0.39 is 57.5 Å². The first-order chi connectivity index (χ1) is 19.4. The fraction of sp³-hybridized carbons (Fsp3) is 0.333. The fourth-order valence-corrected chi connectivity index (χ4v) is 5.09. The standard InChI is InChI=1S/C30H33F4N3O4S/c1-29(2,3)35-28(39)26(17-21-9-6-5-7-10-21)36(19-22-13-15-24(31)16-14-22)27(38)20-37(42(4,40)41)25-12-8-11-23(18-25)30(32,33)34/h5-16,18,26H,17,19-20H2,1-4H3,(H,35,39)/t26-/m0/s1. The highest BCUT2D eigenvalue weighted by Gasteiger charge is 2.35. The van der Waals surface area contributed by atoms with Gasteiger partial charge in [0.15, 0.2) is 0 Å². The molecule has 7 nitrogen and oxygen atoms in total. The lowest BCUT2D eigenvalue weighted by Crippen LogP contribution is -2.56. The molecule has 0 fully saturated rings. The highest BCUT2D eigenvalue weighted by molar-refractivity contribution is 7.92. The third-order valence-electron chi connectivity index (χ3n) is 6.18. The van der Waals surface area contributed by atoms with Crippen molar-refractivity contribution in [3.63, 3.8) is 0 Å². The number of nitrogens with one attached hydrogen (secondary N) is 1. The average molecular weight is 608 g/mol. The summed E-state index contributed by atoms with van der Waals surface area (Å²) in [6.45, 7) is 4.20. The Morgan fingerprint density at radius 3 is 2.05 bits per heavy atom. The zero-order valence-electron chi connectivity index (χ0n) is 23.7. The largest absolute Gasteiger partial charge is 0.416 e. The van der Waals surface area contributed by atoms with Crippen molar-refractivity contribution in [3.8, 4) is 0 Å². The van der Waals surface area contributed by atoms with Crippen molar-refractivity contribution in [1.29, 1.82) is 0 Å². The third-order valence-corrected chi connectivity index (χ3v) is 7.32. The molecule has 3 aromatic carbocycles. The van der Waals surface area contributed by atoms with Gasteiger partial charge in [-0.05, 0) is 62.2 Å². The van der Waals surface area contributed by atoms with Crippen molar-refractivity contribution in [2.75, 3.05) is 17.1 Å². The van der Waals surface area contributed by atoms with Crippen LogP contribution in [0.4, 0.5) is 23.2 Å². The Balaban J connectivity index is 2.09. The molecular weight excluding hydrogens is 574 g/mol. The average Bonchev–Trinajstić information content (AvgIpc) is 2.88. The monoisotopic (exact) mass is 607 g/mol. The minimum atomic E-state index is -4.75. The first-order valence-corrected chi connectivity index (χ1v) is 14.8. The summed E-state index contributed by atoms with van der Waals surface area (Å²) in [7, 11) is -4.25. The number of rotatable bonds is 10. The molecule has 0 heterocycles. The van der Waals surface area contributed by atoms with Crippen LogP contribution in [0.3, 0.4) is 0 Å². The fourth-order valence-electron chi connectivity index (χ4n) is 4.24. The Morgan fingerprint density at radius 1 is 0.881 bits per heavy atom. The molecule has 0 saturated carbocycles. The number of carbonyl (C=O) groups excluding carboxylic acids is 2. The van der Waals surface area contributed by atoms with E-state index in [-0.39, 0.29) is 18.7 Å². The molecule has 0 saturated heterocycles. The van der Waals surface area contributed by atoms with Gasteiger partial charge in [-0.1, -0.05) is 48.5 Å². The van der Waals surface area contributed by atoms with Crippen molar-refractivity contribution in [2.24, 2.45) is 0 Å². The number of hydrogen-bond acceptors (Lipinski definition) is 4. The van der Waals surface area contributed by atoms with Crippen LogP contribution in [0.5, 0.6) is 0 Å². The summed E-state index contributed by atoms with van der Waals surface area (Å²) in [4.78, 5) is 28.8. The van der Waals surface area contributed by atoms with E-state index in [0.29, 0.717) is 21.5 Å². The van der Waals surface area contributed by atoms with Gasteiger partial charge in [-0.15, -0.1) is 0 Å². The van der Waals surface area contributed by atoms with Gasteiger partial charge < -0.3 is 10.2 Å². The summed E-state index contributed by atoms with van der Waals surface area (Å²) >= 11 is 0. The van der Waals surface area contributed by atoms with Crippen LogP contribution in [-0.2, 0) is 38.8 Å². The predicted octanol–water partition coefficient (Wildman–Crippen LogP) is 5.17. The van der Waals surface area contributed by atoms with Gasteiger partial charge in [0.2, 0.25) is 21.8 Å². The summed E-state index contributed by atoms with van der Waals surface area (Å²) in [5.41, 5.74) is -0.970. The van der Waals surface area contributed by atoms with Crippen molar-refractivity contribution < 1.29 is 35.6 Å². The molecule has 3 rings (SSSR count). The molecule has 0 aromatic heterocycles. The van der Waals surface area contributed by atoms with Crippen LogP contribution < -0.4 is 9.62 Å². The Bertz CT molecular complexity index is 1490. The maximum absolute atomic E-state index is 14.0. The van der Waals surface area contributed by atoms with Gasteiger partial charge in [0.1, 0.15) is 18.4 Å². The van der Waals surface area contributed by atoms with E-state index in [1.54, 1.807) is 51.1 Å². The third kappa shape index (κ3) is 9.30. The summed E-state index contributed by atoms with van der Waals surface area (Å²) in [5.74, 6) is -1.88. The smallest absolute Gasteiger partial charge is 0.350 e. The zero-order chi connectivity index (χ0) is 31.3. The van der Waals surface area contributed by atoms with Crippen LogP contribution in [0.2, 0.25) is 0 Å². The molecule has 0 aliphatic carbocycles. The van der Waals surface area contributed by atoms with Gasteiger partial charge in [0.25, 0.3) is 0 Å². The minimum Gasteiger partial charge on any atom is -0.350 e. The molecule has 0 bridgehead atoms. The van der Waals surface area contributed by atoms with E-state index >= 15 is 0 Å². The minimum absolute atomic E-state index is 0.0537. The topological polar surface area (TPSA) is 86.8 Å². The van der Waals surface area contributed by atoms with Crippen molar-refractivity contribution in [1.82, 2.24) is 10.2 Å². The van der Waals surface area contributed by atoms with Crippen LogP contribution in [-0.4, -0.2) is 49.5 Å². The summed E-state index contributed by atoms with van der Waals surface area (Å²) in [6, 6.07) is 16.6. The summed E-state index contributed by atoms with van der Waals surface area (Å²) < 4.78 is 80.0. The lowest BCUT2D eigenvalue weighted by molar-refractivity contribution is -0.140. The molecule has 0 radical (unpaired) electrons. The second kappa shape index (κ2) is 12.9. The van der Waals surface area contributed by atoms with Crippen molar-refractivity contribution in [3.05, 3.63) is 101 Å². The number of carbonyl (C=O) groups is 2. The number of benzene rings is 3. The lowest BCUT2D eigenvalue weighted by Gasteiger charge is -2.35. The van der Waals surface area contributed by atoms with Gasteiger partial charge in [0, 0.05) is 18.5 Å². The quantitative estimate of drug-likeness (QED) is 0.323. The maximum Gasteiger partial charge on any atom is 0.416 e. The normalized spacial score (nSPS) is 12.9. The number of sulfonamides is 1. The van der Waals surface area contributed by atoms with Crippen LogP contribution in [0.1, 0.15) is 37.5 Å². The first kappa shape index (κ1) is 32.6. The Kier molecular flexibility index (Phi) is 10.0. The SMILES string of the molecule is CC(C)(C)NC(=O)[C@H](Cc1ccccc1)N(Cc1ccc(F)cc1)C(=O)CN(c1cccc(C(F)(F)F)c1)S(C)(=O)=O. The summed E-state index contributed by atoms with van der Waals surface area (Å²) in [6.07, 6.45) is -3.92. The number of halogens is 4. The van der Waals surface area contributed by atoms with E-state index in [1.807, 2.05) is 0 Å². The van der Waals surface area contributed by atoms with E-state index in [9.17, 15) is 35.6 Å². The molecule has 0 spiro atoms. The Morgan fingerprint density at radius 2 is 1.50 bits per heavy atom. The number of alkyl halides is 3. The van der Waals surface area contributed by atoms with Crippen molar-refractivity contribution in [2.45, 2.75) is 51.5 Å². The molecule has 226 valence electrons. The number of amides is 2. The van der Waals surface area contributed by atoms with Gasteiger partial charge in [-0.25, -0.2) is 12.8 Å². The number of anilines is 1. The molecule has 1 N–H and O–H groups in total. The number of hydrogen-bond donors (Lipinski definition) is 1. The van der Waals surface area contributed by atoms with E-state index in [4.69, 9.17) is 0 Å². The summed E-state index contributed by atoms with van der Waals surface area (Å²) in [5, 5.41) is 2.86. The van der Waals surface area contributed by atoms with Crippen LogP contribution in [0.15, 0.2) is 78.9 Å². The second-order valence-electron chi connectivity index (χ2n) is 10.9. The van der Waals surface area contributed by atoms with Crippen molar-refractivity contribution >= 4 is 27.5 Å². The van der Waals surface area contributed by atoms with Gasteiger partial charge in [0.05, 0.1) is 17.5 Å². The maximum atomic E-state index is 14.0. The molecule has 3 aromatic rings. The van der Waals surface area contributed by atoms with E-state index in [1.165, 1.54) is 29.2 Å². The molecular formula is C30H33F4N3O4S. The van der Waals surface area contributed by atoms with Crippen LogP contribution in [0, 0.1) is 5.82 Å². The molecule has 42 heavy (non-hydrogen) atoms. The number of nitrogens with zero attached hydrogens (tertiary/aromatic N) is 2. The van der Waals surface area contributed by atoms with Gasteiger partial charge in [-0.3, -0.25) is 13.9 Å². The van der Waals surface area contributed by atoms with E-state index in [2.05, 4.69) is 5.32 Å². The molecule has 1 atom stereocenters. The van der Waals surface area contributed by atoms with Gasteiger partial charge in [-0.2, -0.15) is 13.2 Å². The first-order valence-electron chi connectivity index (χ1n) is 13.0. The highest BCUT2D eigenvalue weighted by Crippen LogP contribution is 2.32. The Hall–Kier alpha value is -3.93.